The van der Waals surface area contributed by atoms with Crippen molar-refractivity contribution in [2.45, 2.75) is 32.9 Å². The van der Waals surface area contributed by atoms with Gasteiger partial charge in [-0.2, -0.15) is 0 Å². The molecule has 1 N–H and O–H groups in total. The number of aromatic nitrogens is 3. The number of carbonyl (C=O) groups excluding carboxylic acids is 2. The van der Waals surface area contributed by atoms with Crippen molar-refractivity contribution < 1.29 is 9.59 Å². The number of amides is 2. The number of benzene rings is 1. The highest BCUT2D eigenvalue weighted by Gasteiger charge is 2.28. The molecule has 166 valence electrons. The third-order valence-electron chi connectivity index (χ3n) is 5.88. The van der Waals surface area contributed by atoms with Gasteiger partial charge >= 0.3 is 5.69 Å². The summed E-state index contributed by atoms with van der Waals surface area (Å²) in [7, 11) is 0. The maximum absolute atomic E-state index is 13.0. The molecule has 0 saturated carbocycles. The van der Waals surface area contributed by atoms with Gasteiger partial charge in [0.05, 0.1) is 10.9 Å². The van der Waals surface area contributed by atoms with E-state index in [9.17, 15) is 19.2 Å². The van der Waals surface area contributed by atoms with Gasteiger partial charge in [-0.15, -0.1) is 0 Å². The minimum Gasteiger partial charge on any atom is -0.341 e. The number of carbonyl (C=O) groups is 2. The summed E-state index contributed by atoms with van der Waals surface area (Å²) in [6.45, 7) is 2.67. The molecule has 1 aliphatic rings. The average molecular weight is 435 g/mol. The van der Waals surface area contributed by atoms with Gasteiger partial charge in [-0.05, 0) is 44.0 Å². The highest BCUT2D eigenvalue weighted by Crippen LogP contribution is 2.19. The standard InChI is InChI=1S/C23H25N5O4/c1-2-27-22(31)17-7-3-4-8-18(17)28(23(27)32)15-20(29)26-13-10-16(11-14-26)21(30)25-19-9-5-6-12-24-19/h3-9,12,16H,2,10-11,13-15H2,1H3,(H,24,25,30). The number of anilines is 1. The van der Waals surface area contributed by atoms with E-state index in [1.807, 2.05) is 0 Å². The summed E-state index contributed by atoms with van der Waals surface area (Å²) in [6, 6.07) is 12.1. The van der Waals surface area contributed by atoms with Gasteiger partial charge in [0.15, 0.2) is 0 Å². The van der Waals surface area contributed by atoms with E-state index in [1.54, 1.807) is 60.5 Å². The van der Waals surface area contributed by atoms with E-state index in [2.05, 4.69) is 10.3 Å². The van der Waals surface area contributed by atoms with Crippen LogP contribution >= 0.6 is 0 Å². The number of fused-ring (bicyclic) bond motifs is 1. The second kappa shape index (κ2) is 9.17. The van der Waals surface area contributed by atoms with Crippen molar-refractivity contribution >= 4 is 28.5 Å². The van der Waals surface area contributed by atoms with Gasteiger partial charge in [0.1, 0.15) is 12.4 Å². The summed E-state index contributed by atoms with van der Waals surface area (Å²) in [5.41, 5.74) is -0.393. The Morgan fingerprint density at radius 2 is 1.75 bits per heavy atom. The zero-order valence-corrected chi connectivity index (χ0v) is 17.9. The maximum atomic E-state index is 13.0. The van der Waals surface area contributed by atoms with E-state index in [0.717, 1.165) is 4.57 Å². The third kappa shape index (κ3) is 4.18. The van der Waals surface area contributed by atoms with Gasteiger partial charge in [-0.25, -0.2) is 9.78 Å². The maximum Gasteiger partial charge on any atom is 0.331 e. The molecule has 0 aliphatic carbocycles. The lowest BCUT2D eigenvalue weighted by Crippen LogP contribution is -2.46. The summed E-state index contributed by atoms with van der Waals surface area (Å²) in [5, 5.41) is 3.22. The van der Waals surface area contributed by atoms with Crippen LogP contribution in [0.5, 0.6) is 0 Å². The fraction of sp³-hybridized carbons (Fsp3) is 0.348. The van der Waals surface area contributed by atoms with E-state index >= 15 is 0 Å². The van der Waals surface area contributed by atoms with Gasteiger partial charge in [0.25, 0.3) is 5.56 Å². The monoisotopic (exact) mass is 435 g/mol. The Hall–Kier alpha value is -3.75. The molecule has 0 unspecified atom stereocenters. The number of nitrogens with one attached hydrogen (secondary N) is 1. The van der Waals surface area contributed by atoms with Crippen molar-refractivity contribution in [1.82, 2.24) is 19.0 Å². The summed E-state index contributed by atoms with van der Waals surface area (Å²) in [4.78, 5) is 56.7. The van der Waals surface area contributed by atoms with Crippen LogP contribution in [0.25, 0.3) is 10.9 Å². The lowest BCUT2D eigenvalue weighted by molar-refractivity contribution is -0.135. The Labute approximate surface area is 184 Å². The first-order valence-electron chi connectivity index (χ1n) is 10.7. The van der Waals surface area contributed by atoms with Gasteiger partial charge < -0.3 is 10.2 Å². The normalized spacial score (nSPS) is 14.5. The molecular weight excluding hydrogens is 410 g/mol. The van der Waals surface area contributed by atoms with Crippen LogP contribution in [0.4, 0.5) is 5.82 Å². The highest BCUT2D eigenvalue weighted by atomic mass is 16.2. The molecule has 0 radical (unpaired) electrons. The van der Waals surface area contributed by atoms with Crippen LogP contribution in [0.2, 0.25) is 0 Å². The number of pyridine rings is 1. The molecule has 2 amide bonds. The van der Waals surface area contributed by atoms with Crippen molar-refractivity contribution in [1.29, 1.82) is 0 Å². The van der Waals surface area contributed by atoms with Crippen LogP contribution in [-0.4, -0.2) is 43.9 Å². The minimum absolute atomic E-state index is 0.104. The fourth-order valence-electron chi connectivity index (χ4n) is 4.09. The Balaban J connectivity index is 1.46. The van der Waals surface area contributed by atoms with Gasteiger partial charge in [0.2, 0.25) is 11.8 Å². The van der Waals surface area contributed by atoms with E-state index in [4.69, 9.17) is 0 Å². The van der Waals surface area contributed by atoms with Crippen LogP contribution in [0.3, 0.4) is 0 Å². The van der Waals surface area contributed by atoms with Crippen molar-refractivity contribution in [2.75, 3.05) is 18.4 Å². The van der Waals surface area contributed by atoms with Gasteiger partial charge in [0, 0.05) is 31.7 Å². The SMILES string of the molecule is CCn1c(=O)c2ccccc2n(CC(=O)N2CCC(C(=O)Nc3ccccn3)CC2)c1=O. The van der Waals surface area contributed by atoms with Crippen molar-refractivity contribution in [3.05, 3.63) is 69.5 Å². The molecule has 2 aromatic heterocycles. The molecule has 0 bridgehead atoms. The average Bonchev–Trinajstić information content (AvgIpc) is 2.82. The topological polar surface area (TPSA) is 106 Å². The number of nitrogens with zero attached hydrogens (tertiary/aromatic N) is 4. The zero-order chi connectivity index (χ0) is 22.7. The molecule has 9 nitrogen and oxygen atoms in total. The summed E-state index contributed by atoms with van der Waals surface area (Å²) in [5.74, 6) is -0.00455. The largest absolute Gasteiger partial charge is 0.341 e. The van der Waals surface area contributed by atoms with Crippen LogP contribution < -0.4 is 16.6 Å². The van der Waals surface area contributed by atoms with E-state index in [0.29, 0.717) is 42.7 Å². The highest BCUT2D eigenvalue weighted by molar-refractivity contribution is 5.92. The second-order valence-electron chi connectivity index (χ2n) is 7.79. The van der Waals surface area contributed by atoms with Crippen LogP contribution in [0, 0.1) is 5.92 Å². The predicted molar refractivity (Wildman–Crippen MR) is 120 cm³/mol. The number of rotatable bonds is 5. The number of para-hydroxylation sites is 1. The van der Waals surface area contributed by atoms with E-state index < -0.39 is 5.69 Å². The number of hydrogen-bond donors (Lipinski definition) is 1. The smallest absolute Gasteiger partial charge is 0.331 e. The van der Waals surface area contributed by atoms with Crippen molar-refractivity contribution in [3.63, 3.8) is 0 Å². The van der Waals surface area contributed by atoms with Crippen LogP contribution in [0.1, 0.15) is 19.8 Å². The molecule has 1 aromatic carbocycles. The van der Waals surface area contributed by atoms with Crippen LogP contribution in [0.15, 0.2) is 58.3 Å². The van der Waals surface area contributed by atoms with Crippen molar-refractivity contribution in [3.8, 4) is 0 Å². The molecule has 3 aromatic rings. The molecule has 32 heavy (non-hydrogen) atoms. The molecule has 1 aliphatic heterocycles. The Morgan fingerprint density at radius 1 is 1.03 bits per heavy atom. The molecule has 3 heterocycles. The first kappa shape index (κ1) is 21.5. The molecule has 1 saturated heterocycles. The lowest BCUT2D eigenvalue weighted by Gasteiger charge is -2.31. The fourth-order valence-corrected chi connectivity index (χ4v) is 4.09. The molecular formula is C23H25N5O4. The Morgan fingerprint density at radius 3 is 2.44 bits per heavy atom. The molecule has 4 rings (SSSR count). The Bertz CT molecular complexity index is 1260. The summed E-state index contributed by atoms with van der Waals surface area (Å²) < 4.78 is 2.51. The number of piperidine rings is 1. The van der Waals surface area contributed by atoms with E-state index in [1.165, 1.54) is 4.57 Å². The lowest BCUT2D eigenvalue weighted by atomic mass is 9.96. The first-order valence-corrected chi connectivity index (χ1v) is 10.7. The molecule has 1 fully saturated rings. The number of hydrogen-bond acceptors (Lipinski definition) is 5. The predicted octanol–water partition coefficient (Wildman–Crippen LogP) is 1.46. The molecule has 0 spiro atoms. The van der Waals surface area contributed by atoms with Gasteiger partial charge in [-0.3, -0.25) is 23.5 Å². The quantitative estimate of drug-likeness (QED) is 0.653. The molecule has 0 atom stereocenters. The Kier molecular flexibility index (Phi) is 6.16. The zero-order valence-electron chi connectivity index (χ0n) is 17.9. The minimum atomic E-state index is -0.492. The molecule has 9 heteroatoms. The second-order valence-corrected chi connectivity index (χ2v) is 7.79. The van der Waals surface area contributed by atoms with Crippen LogP contribution in [-0.2, 0) is 22.7 Å². The first-order chi connectivity index (χ1) is 15.5. The summed E-state index contributed by atoms with van der Waals surface area (Å²) in [6.07, 6.45) is 2.69. The third-order valence-corrected chi connectivity index (χ3v) is 5.88. The van der Waals surface area contributed by atoms with Crippen molar-refractivity contribution in [2.24, 2.45) is 5.92 Å². The van der Waals surface area contributed by atoms with E-state index in [-0.39, 0.29) is 36.4 Å². The van der Waals surface area contributed by atoms with Gasteiger partial charge in [-0.1, -0.05) is 18.2 Å². The number of likely N-dealkylation sites (tertiary alicyclic amines) is 1. The summed E-state index contributed by atoms with van der Waals surface area (Å²) >= 11 is 0.